The third-order valence-electron chi connectivity index (χ3n) is 6.91. The number of fused-ring (bicyclic) bond motifs is 2. The Morgan fingerprint density at radius 1 is 1.12 bits per heavy atom. The summed E-state index contributed by atoms with van der Waals surface area (Å²) in [7, 11) is 0. The van der Waals surface area contributed by atoms with Gasteiger partial charge >= 0.3 is 6.01 Å². The lowest BCUT2D eigenvalue weighted by molar-refractivity contribution is 0.108. The van der Waals surface area contributed by atoms with Crippen molar-refractivity contribution in [3.63, 3.8) is 0 Å². The second kappa shape index (κ2) is 10.7. The Balaban J connectivity index is 1.56. The summed E-state index contributed by atoms with van der Waals surface area (Å²) in [6, 6.07) is 0.189. The average molecular weight is 479 g/mol. The highest BCUT2D eigenvalue weighted by Gasteiger charge is 2.45. The van der Waals surface area contributed by atoms with Gasteiger partial charge in [-0.3, -0.25) is 4.90 Å². The highest BCUT2D eigenvalue weighted by Crippen LogP contribution is 2.39. The Bertz CT molecular complexity index is 962. The molecule has 9 heteroatoms. The van der Waals surface area contributed by atoms with Crippen molar-refractivity contribution in [2.75, 3.05) is 44.6 Å². The van der Waals surface area contributed by atoms with E-state index in [4.69, 9.17) is 16.3 Å². The molecule has 0 unspecified atom stereocenters. The van der Waals surface area contributed by atoms with Crippen LogP contribution in [0.25, 0.3) is 10.9 Å². The molecule has 0 spiro atoms. The zero-order valence-electron chi connectivity index (χ0n) is 20.0. The number of anilines is 1. The summed E-state index contributed by atoms with van der Waals surface area (Å²) >= 11 is 6.09. The molecule has 0 aromatic carbocycles. The third kappa shape index (κ3) is 5.33. The highest BCUT2D eigenvalue weighted by molar-refractivity contribution is 6.30. The normalized spacial score (nSPS) is 17.8. The van der Waals surface area contributed by atoms with Crippen LogP contribution in [0.5, 0.6) is 6.01 Å². The topological polar surface area (TPSA) is 75.2 Å². The van der Waals surface area contributed by atoms with Gasteiger partial charge in [0, 0.05) is 13.1 Å². The summed E-state index contributed by atoms with van der Waals surface area (Å²) < 4.78 is 21.1. The van der Waals surface area contributed by atoms with Crippen molar-refractivity contribution in [2.24, 2.45) is 5.92 Å². The van der Waals surface area contributed by atoms with Crippen LogP contribution in [-0.4, -0.2) is 64.7 Å². The van der Waals surface area contributed by atoms with Crippen LogP contribution in [0.2, 0.25) is 5.15 Å². The van der Waals surface area contributed by atoms with Crippen molar-refractivity contribution in [1.29, 1.82) is 0 Å². The predicted molar refractivity (Wildman–Crippen MR) is 131 cm³/mol. The van der Waals surface area contributed by atoms with E-state index in [1.54, 1.807) is 0 Å². The number of nitrogens with one attached hydrogen (secondary N) is 2. The van der Waals surface area contributed by atoms with Crippen LogP contribution in [0.3, 0.4) is 0 Å². The molecule has 4 rings (SSSR count). The first kappa shape index (κ1) is 24.4. The molecular weight excluding hydrogens is 443 g/mol. The van der Waals surface area contributed by atoms with Gasteiger partial charge in [0.2, 0.25) is 0 Å². The number of aryl methyl sites for hydroxylation is 1. The van der Waals surface area contributed by atoms with E-state index in [1.807, 2.05) is 6.92 Å². The van der Waals surface area contributed by atoms with Crippen LogP contribution in [-0.2, 0) is 6.42 Å². The molecular formula is C24H36ClFN6O. The average Bonchev–Trinajstić information content (AvgIpc) is 3.37. The molecule has 2 aliphatic heterocycles. The van der Waals surface area contributed by atoms with Gasteiger partial charge in [-0.2, -0.15) is 9.97 Å². The lowest BCUT2D eigenvalue weighted by Gasteiger charge is -2.31. The molecule has 0 saturated carbocycles. The van der Waals surface area contributed by atoms with E-state index in [-0.39, 0.29) is 22.2 Å². The molecule has 0 amide bonds. The SMILES string of the molecule is CCc1nc(Cl)c(F)c2nc(OCC34CCCN3CCC4)nc(NCCNCCC(C)C)c12. The standard InChI is InChI=1S/C24H36ClFN6O/c1-4-17-18-20(19(26)21(25)29-17)30-23(31-22(18)28-12-11-27-10-7-16(2)3)33-15-24-8-5-13-32(24)14-6-9-24/h16,27H,4-15H2,1-3H3,(H,28,30,31). The van der Waals surface area contributed by atoms with Crippen molar-refractivity contribution >= 4 is 28.3 Å². The number of rotatable bonds is 11. The van der Waals surface area contributed by atoms with Crippen molar-refractivity contribution in [2.45, 2.75) is 64.8 Å². The highest BCUT2D eigenvalue weighted by atomic mass is 35.5. The minimum absolute atomic E-state index is 0.0647. The van der Waals surface area contributed by atoms with E-state index in [0.29, 0.717) is 42.4 Å². The van der Waals surface area contributed by atoms with Crippen LogP contribution in [0.4, 0.5) is 10.2 Å². The number of pyridine rings is 1. The molecule has 2 N–H and O–H groups in total. The van der Waals surface area contributed by atoms with Crippen LogP contribution in [0.1, 0.15) is 58.6 Å². The molecule has 182 valence electrons. The Morgan fingerprint density at radius 3 is 2.58 bits per heavy atom. The van der Waals surface area contributed by atoms with Crippen LogP contribution < -0.4 is 15.4 Å². The first-order valence-corrected chi connectivity index (χ1v) is 12.7. The molecule has 7 nitrogen and oxygen atoms in total. The number of halogens is 2. The molecule has 2 aliphatic rings. The molecule has 0 aliphatic carbocycles. The van der Waals surface area contributed by atoms with Gasteiger partial charge in [0.1, 0.15) is 17.9 Å². The Kier molecular flexibility index (Phi) is 7.87. The molecule has 2 fully saturated rings. The van der Waals surface area contributed by atoms with E-state index in [2.05, 4.69) is 44.3 Å². The fraction of sp³-hybridized carbons (Fsp3) is 0.708. The predicted octanol–water partition coefficient (Wildman–Crippen LogP) is 4.43. The summed E-state index contributed by atoms with van der Waals surface area (Å²) in [6.45, 7) is 11.5. The van der Waals surface area contributed by atoms with Crippen molar-refractivity contribution in [1.82, 2.24) is 25.2 Å². The number of hydrogen-bond donors (Lipinski definition) is 2. The van der Waals surface area contributed by atoms with E-state index < -0.39 is 5.82 Å². The maximum Gasteiger partial charge on any atom is 0.319 e. The van der Waals surface area contributed by atoms with Crippen molar-refractivity contribution in [3.8, 4) is 6.01 Å². The van der Waals surface area contributed by atoms with Gasteiger partial charge in [0.25, 0.3) is 0 Å². The van der Waals surface area contributed by atoms with Crippen LogP contribution >= 0.6 is 11.6 Å². The quantitative estimate of drug-likeness (QED) is 0.365. The summed E-state index contributed by atoms with van der Waals surface area (Å²) in [6.07, 6.45) is 6.35. The Hall–Kier alpha value is -1.77. The summed E-state index contributed by atoms with van der Waals surface area (Å²) in [5.41, 5.74) is 0.906. The van der Waals surface area contributed by atoms with E-state index in [0.717, 1.165) is 45.4 Å². The monoisotopic (exact) mass is 478 g/mol. The maximum atomic E-state index is 15.0. The van der Waals surface area contributed by atoms with Gasteiger partial charge < -0.3 is 15.4 Å². The fourth-order valence-electron chi connectivity index (χ4n) is 5.09. The first-order chi connectivity index (χ1) is 15.9. The zero-order chi connectivity index (χ0) is 23.4. The summed E-state index contributed by atoms with van der Waals surface area (Å²) in [5, 5.41) is 7.20. The number of ether oxygens (including phenoxy) is 1. The second-order valence-corrected chi connectivity index (χ2v) is 10.0. The van der Waals surface area contributed by atoms with E-state index >= 15 is 4.39 Å². The zero-order valence-corrected chi connectivity index (χ0v) is 20.8. The molecule has 4 heterocycles. The van der Waals surface area contributed by atoms with Gasteiger partial charge in [-0.1, -0.05) is 32.4 Å². The van der Waals surface area contributed by atoms with Crippen molar-refractivity contribution < 1.29 is 9.13 Å². The van der Waals surface area contributed by atoms with Gasteiger partial charge in [0.15, 0.2) is 11.0 Å². The molecule has 2 saturated heterocycles. The summed E-state index contributed by atoms with van der Waals surface area (Å²) in [4.78, 5) is 15.9. The maximum absolute atomic E-state index is 15.0. The molecule has 0 bridgehead atoms. The molecule has 0 radical (unpaired) electrons. The van der Waals surface area contributed by atoms with Crippen LogP contribution in [0.15, 0.2) is 0 Å². The largest absolute Gasteiger partial charge is 0.461 e. The minimum Gasteiger partial charge on any atom is -0.461 e. The van der Waals surface area contributed by atoms with Crippen LogP contribution in [0, 0.1) is 11.7 Å². The summed E-state index contributed by atoms with van der Waals surface area (Å²) in [5.74, 6) is 0.584. The Morgan fingerprint density at radius 2 is 1.88 bits per heavy atom. The second-order valence-electron chi connectivity index (χ2n) is 9.66. The van der Waals surface area contributed by atoms with Gasteiger partial charge in [-0.05, 0) is 64.1 Å². The van der Waals surface area contributed by atoms with Gasteiger partial charge in [-0.25, -0.2) is 9.37 Å². The van der Waals surface area contributed by atoms with Gasteiger partial charge in [-0.15, -0.1) is 0 Å². The minimum atomic E-state index is -0.629. The van der Waals surface area contributed by atoms with Crippen molar-refractivity contribution in [3.05, 3.63) is 16.7 Å². The Labute approximate surface area is 200 Å². The third-order valence-corrected chi connectivity index (χ3v) is 7.16. The van der Waals surface area contributed by atoms with Gasteiger partial charge in [0.05, 0.1) is 16.6 Å². The first-order valence-electron chi connectivity index (χ1n) is 12.3. The molecule has 33 heavy (non-hydrogen) atoms. The van der Waals surface area contributed by atoms with E-state index in [9.17, 15) is 0 Å². The number of hydrogen-bond acceptors (Lipinski definition) is 7. The molecule has 2 aromatic heterocycles. The fourth-order valence-corrected chi connectivity index (χ4v) is 5.28. The molecule has 2 aromatic rings. The lowest BCUT2D eigenvalue weighted by Crippen LogP contribution is -2.43. The number of nitrogens with zero attached hydrogens (tertiary/aromatic N) is 4. The van der Waals surface area contributed by atoms with E-state index in [1.165, 1.54) is 12.8 Å². The number of aromatic nitrogens is 3. The molecule has 0 atom stereocenters. The smallest absolute Gasteiger partial charge is 0.319 e. The lowest BCUT2D eigenvalue weighted by atomic mass is 9.95.